The SMILES string of the molecule is Brc1cc2c(cc1CNCc1cncs1)OCO2. The van der Waals surface area contributed by atoms with E-state index in [-0.39, 0.29) is 0 Å². The second-order valence-corrected chi connectivity index (χ2v) is 5.69. The van der Waals surface area contributed by atoms with Crippen molar-refractivity contribution in [3.63, 3.8) is 0 Å². The van der Waals surface area contributed by atoms with Gasteiger partial charge in [0, 0.05) is 28.6 Å². The van der Waals surface area contributed by atoms with E-state index in [0.29, 0.717) is 6.79 Å². The van der Waals surface area contributed by atoms with Crippen molar-refractivity contribution in [3.05, 3.63) is 38.8 Å². The van der Waals surface area contributed by atoms with Crippen molar-refractivity contribution in [1.82, 2.24) is 10.3 Å². The minimum Gasteiger partial charge on any atom is -0.454 e. The number of nitrogens with zero attached hydrogens (tertiary/aromatic N) is 1. The first-order valence-electron chi connectivity index (χ1n) is 5.49. The van der Waals surface area contributed by atoms with Gasteiger partial charge in [-0.05, 0) is 17.7 Å². The number of aromatic nitrogens is 1. The molecule has 0 spiro atoms. The molecule has 0 radical (unpaired) electrons. The normalized spacial score (nSPS) is 12.9. The Hall–Kier alpha value is -1.11. The highest BCUT2D eigenvalue weighted by Gasteiger charge is 2.15. The molecule has 0 bridgehead atoms. The monoisotopic (exact) mass is 326 g/mol. The van der Waals surface area contributed by atoms with Crippen LogP contribution in [-0.2, 0) is 13.1 Å². The number of ether oxygens (including phenoxy) is 2. The largest absolute Gasteiger partial charge is 0.454 e. The van der Waals surface area contributed by atoms with E-state index in [4.69, 9.17) is 9.47 Å². The standard InChI is InChI=1S/C12H11BrN2O2S/c13-10-2-12-11(16-7-17-12)1-8(10)3-14-4-9-5-15-6-18-9/h1-2,5-6,14H,3-4,7H2. The number of hydrogen-bond donors (Lipinski definition) is 1. The Morgan fingerprint density at radius 2 is 2.11 bits per heavy atom. The quantitative estimate of drug-likeness (QED) is 0.938. The molecule has 0 saturated carbocycles. The fraction of sp³-hybridized carbons (Fsp3) is 0.250. The third-order valence-corrected chi connectivity index (χ3v) is 4.16. The highest BCUT2D eigenvalue weighted by Crippen LogP contribution is 2.36. The van der Waals surface area contributed by atoms with Crippen molar-refractivity contribution in [3.8, 4) is 11.5 Å². The molecule has 0 aliphatic carbocycles. The molecule has 1 aliphatic rings. The van der Waals surface area contributed by atoms with Crippen LogP contribution in [0.25, 0.3) is 0 Å². The summed E-state index contributed by atoms with van der Waals surface area (Å²) in [5.74, 6) is 1.61. The summed E-state index contributed by atoms with van der Waals surface area (Å²) in [4.78, 5) is 5.27. The van der Waals surface area contributed by atoms with Crippen LogP contribution in [0.5, 0.6) is 11.5 Å². The maximum Gasteiger partial charge on any atom is 0.231 e. The average molecular weight is 327 g/mol. The number of halogens is 1. The summed E-state index contributed by atoms with van der Waals surface area (Å²) in [6, 6.07) is 3.96. The number of nitrogens with one attached hydrogen (secondary N) is 1. The average Bonchev–Trinajstić information content (AvgIpc) is 3.00. The van der Waals surface area contributed by atoms with Gasteiger partial charge in [-0.2, -0.15) is 0 Å². The van der Waals surface area contributed by atoms with Crippen LogP contribution in [-0.4, -0.2) is 11.8 Å². The lowest BCUT2D eigenvalue weighted by molar-refractivity contribution is 0.174. The number of hydrogen-bond acceptors (Lipinski definition) is 5. The second-order valence-electron chi connectivity index (χ2n) is 3.87. The first-order valence-corrected chi connectivity index (χ1v) is 7.16. The Morgan fingerprint density at radius 1 is 1.28 bits per heavy atom. The van der Waals surface area contributed by atoms with E-state index < -0.39 is 0 Å². The van der Waals surface area contributed by atoms with Crippen LogP contribution in [0, 0.1) is 0 Å². The van der Waals surface area contributed by atoms with Gasteiger partial charge in [0.25, 0.3) is 0 Å². The van der Waals surface area contributed by atoms with Gasteiger partial charge in [-0.25, -0.2) is 0 Å². The molecule has 0 saturated heterocycles. The smallest absolute Gasteiger partial charge is 0.231 e. The molecular weight excluding hydrogens is 316 g/mol. The lowest BCUT2D eigenvalue weighted by Crippen LogP contribution is -2.12. The molecule has 0 amide bonds. The van der Waals surface area contributed by atoms with Crippen molar-refractivity contribution in [2.45, 2.75) is 13.1 Å². The van der Waals surface area contributed by atoms with Gasteiger partial charge in [0.2, 0.25) is 6.79 Å². The van der Waals surface area contributed by atoms with Crippen molar-refractivity contribution in [2.24, 2.45) is 0 Å². The molecule has 4 nitrogen and oxygen atoms in total. The molecule has 3 rings (SSSR count). The van der Waals surface area contributed by atoms with Crippen molar-refractivity contribution in [1.29, 1.82) is 0 Å². The molecule has 1 N–H and O–H groups in total. The summed E-state index contributed by atoms with van der Waals surface area (Å²) >= 11 is 5.20. The fourth-order valence-corrected chi connectivity index (χ4v) is 2.77. The summed E-state index contributed by atoms with van der Waals surface area (Å²) in [6.07, 6.45) is 1.88. The van der Waals surface area contributed by atoms with Crippen molar-refractivity contribution >= 4 is 27.3 Å². The molecule has 0 fully saturated rings. The Balaban J connectivity index is 1.66. The highest BCUT2D eigenvalue weighted by atomic mass is 79.9. The highest BCUT2D eigenvalue weighted by molar-refractivity contribution is 9.10. The zero-order valence-electron chi connectivity index (χ0n) is 9.48. The molecule has 1 aromatic carbocycles. The number of benzene rings is 1. The first kappa shape index (κ1) is 12.0. The molecule has 94 valence electrons. The van der Waals surface area contributed by atoms with Gasteiger partial charge in [-0.3, -0.25) is 4.98 Å². The third-order valence-electron chi connectivity index (χ3n) is 2.64. The van der Waals surface area contributed by atoms with Crippen LogP contribution < -0.4 is 14.8 Å². The molecule has 0 unspecified atom stereocenters. The Morgan fingerprint density at radius 3 is 2.89 bits per heavy atom. The van der Waals surface area contributed by atoms with Gasteiger partial charge in [0.1, 0.15) is 0 Å². The van der Waals surface area contributed by atoms with Gasteiger partial charge in [-0.1, -0.05) is 15.9 Å². The Kier molecular flexibility index (Phi) is 3.49. The van der Waals surface area contributed by atoms with Gasteiger partial charge in [0.15, 0.2) is 11.5 Å². The molecule has 1 aliphatic heterocycles. The topological polar surface area (TPSA) is 43.4 Å². The maximum atomic E-state index is 5.37. The lowest BCUT2D eigenvalue weighted by atomic mass is 10.2. The third kappa shape index (κ3) is 2.50. The zero-order chi connectivity index (χ0) is 12.4. The summed E-state index contributed by atoms with van der Waals surface area (Å²) < 4.78 is 11.7. The number of fused-ring (bicyclic) bond motifs is 1. The Bertz CT molecular complexity index is 545. The summed E-state index contributed by atoms with van der Waals surface area (Å²) in [5, 5.41) is 3.38. The van der Waals surface area contributed by atoms with E-state index in [1.165, 1.54) is 4.88 Å². The van der Waals surface area contributed by atoms with E-state index in [1.54, 1.807) is 11.3 Å². The summed E-state index contributed by atoms with van der Waals surface area (Å²) in [5.41, 5.74) is 3.00. The minimum absolute atomic E-state index is 0.305. The fourth-order valence-electron chi connectivity index (χ4n) is 1.74. The molecule has 18 heavy (non-hydrogen) atoms. The van der Waals surface area contributed by atoms with E-state index in [0.717, 1.165) is 34.6 Å². The second kappa shape index (κ2) is 5.26. The van der Waals surface area contributed by atoms with E-state index in [2.05, 4.69) is 26.2 Å². The first-order chi connectivity index (χ1) is 8.83. The van der Waals surface area contributed by atoms with Crippen LogP contribution in [0.2, 0.25) is 0 Å². The van der Waals surface area contributed by atoms with Crippen LogP contribution in [0.3, 0.4) is 0 Å². The maximum absolute atomic E-state index is 5.37. The zero-order valence-corrected chi connectivity index (χ0v) is 11.9. The predicted molar refractivity (Wildman–Crippen MR) is 72.9 cm³/mol. The van der Waals surface area contributed by atoms with E-state index >= 15 is 0 Å². The van der Waals surface area contributed by atoms with Crippen LogP contribution >= 0.6 is 27.3 Å². The van der Waals surface area contributed by atoms with Crippen LogP contribution in [0.1, 0.15) is 10.4 Å². The van der Waals surface area contributed by atoms with Crippen molar-refractivity contribution in [2.75, 3.05) is 6.79 Å². The molecule has 2 aromatic rings. The lowest BCUT2D eigenvalue weighted by Gasteiger charge is -2.07. The van der Waals surface area contributed by atoms with Gasteiger partial charge in [-0.15, -0.1) is 11.3 Å². The Labute approximate surface area is 117 Å². The van der Waals surface area contributed by atoms with Gasteiger partial charge >= 0.3 is 0 Å². The predicted octanol–water partition coefficient (Wildman–Crippen LogP) is 2.92. The molecule has 6 heteroatoms. The minimum atomic E-state index is 0.305. The number of rotatable bonds is 4. The summed E-state index contributed by atoms with van der Waals surface area (Å²) in [6.45, 7) is 1.90. The van der Waals surface area contributed by atoms with Crippen molar-refractivity contribution < 1.29 is 9.47 Å². The summed E-state index contributed by atoms with van der Waals surface area (Å²) in [7, 11) is 0. The van der Waals surface area contributed by atoms with E-state index in [9.17, 15) is 0 Å². The van der Waals surface area contributed by atoms with E-state index in [1.807, 2.05) is 23.8 Å². The van der Waals surface area contributed by atoms with Gasteiger partial charge < -0.3 is 14.8 Å². The van der Waals surface area contributed by atoms with Crippen LogP contribution in [0.4, 0.5) is 0 Å². The van der Waals surface area contributed by atoms with Gasteiger partial charge in [0.05, 0.1) is 5.51 Å². The molecule has 1 aromatic heterocycles. The molecular formula is C12H11BrN2O2S. The number of thiazole rings is 1. The van der Waals surface area contributed by atoms with Crippen LogP contribution in [0.15, 0.2) is 28.3 Å². The molecule has 0 atom stereocenters. The molecule has 2 heterocycles.